The Bertz CT molecular complexity index is 519. The molecule has 0 fully saturated rings. The molecule has 0 saturated carbocycles. The predicted molar refractivity (Wildman–Crippen MR) is 78.4 cm³/mol. The summed E-state index contributed by atoms with van der Waals surface area (Å²) in [6.45, 7) is 2.95. The maximum absolute atomic E-state index is 4.05. The number of nitrogens with one attached hydrogen (secondary N) is 1. The van der Waals surface area contributed by atoms with Gasteiger partial charge in [0.05, 0.1) is 11.7 Å². The van der Waals surface area contributed by atoms with Crippen LogP contribution in [0.3, 0.4) is 0 Å². The van der Waals surface area contributed by atoms with Gasteiger partial charge in [0.15, 0.2) is 4.60 Å². The van der Waals surface area contributed by atoms with Crippen molar-refractivity contribution in [2.24, 2.45) is 7.05 Å². The molecule has 1 unspecified atom stereocenters. The van der Waals surface area contributed by atoms with Gasteiger partial charge in [-0.1, -0.05) is 46.3 Å². The molecule has 0 amide bonds. The van der Waals surface area contributed by atoms with E-state index in [4.69, 9.17) is 0 Å². The standard InChI is InChI=1S/C12H14Br2N4/c1-3-15-10(8-6-4-5-7-9(8)13)11-12(14)16-17-18(11)2/h4-7,10,15H,3H2,1-2H3. The van der Waals surface area contributed by atoms with Crippen LogP contribution in [0, 0.1) is 0 Å². The highest BCUT2D eigenvalue weighted by molar-refractivity contribution is 9.10. The van der Waals surface area contributed by atoms with Gasteiger partial charge in [0.2, 0.25) is 0 Å². The smallest absolute Gasteiger partial charge is 0.153 e. The summed E-state index contributed by atoms with van der Waals surface area (Å²) in [6.07, 6.45) is 0. The Morgan fingerprint density at radius 3 is 2.61 bits per heavy atom. The SMILES string of the molecule is CCNC(c1ccccc1Br)c1c(Br)nnn1C. The van der Waals surface area contributed by atoms with Crippen molar-refractivity contribution in [2.45, 2.75) is 13.0 Å². The molecule has 1 atom stereocenters. The van der Waals surface area contributed by atoms with Crippen LogP contribution in [0.1, 0.15) is 24.2 Å². The van der Waals surface area contributed by atoms with E-state index in [9.17, 15) is 0 Å². The molecule has 18 heavy (non-hydrogen) atoms. The monoisotopic (exact) mass is 372 g/mol. The second-order valence-corrected chi connectivity index (χ2v) is 5.51. The highest BCUT2D eigenvalue weighted by Gasteiger charge is 2.22. The zero-order valence-electron chi connectivity index (χ0n) is 10.2. The van der Waals surface area contributed by atoms with E-state index in [2.05, 4.69) is 60.5 Å². The molecule has 0 saturated heterocycles. The van der Waals surface area contributed by atoms with E-state index < -0.39 is 0 Å². The first-order chi connectivity index (χ1) is 8.65. The van der Waals surface area contributed by atoms with Gasteiger partial charge in [-0.3, -0.25) is 0 Å². The maximum atomic E-state index is 4.05. The Morgan fingerprint density at radius 1 is 1.33 bits per heavy atom. The Kier molecular flexibility index (Phi) is 4.53. The number of hydrogen-bond acceptors (Lipinski definition) is 3. The van der Waals surface area contributed by atoms with Crippen molar-refractivity contribution in [1.82, 2.24) is 20.3 Å². The van der Waals surface area contributed by atoms with Crippen molar-refractivity contribution >= 4 is 31.9 Å². The second kappa shape index (κ2) is 5.95. The Balaban J connectivity index is 2.50. The van der Waals surface area contributed by atoms with Crippen molar-refractivity contribution < 1.29 is 0 Å². The van der Waals surface area contributed by atoms with Crippen molar-refractivity contribution in [3.8, 4) is 0 Å². The second-order valence-electron chi connectivity index (χ2n) is 3.90. The molecule has 1 aromatic heterocycles. The summed E-state index contributed by atoms with van der Waals surface area (Å²) in [5.74, 6) is 0. The first-order valence-electron chi connectivity index (χ1n) is 5.68. The zero-order chi connectivity index (χ0) is 13.1. The maximum Gasteiger partial charge on any atom is 0.153 e. The molecule has 2 aromatic rings. The summed E-state index contributed by atoms with van der Waals surface area (Å²) in [4.78, 5) is 0. The lowest BCUT2D eigenvalue weighted by Gasteiger charge is -2.19. The van der Waals surface area contributed by atoms with E-state index in [1.54, 1.807) is 4.68 Å². The molecule has 4 nitrogen and oxygen atoms in total. The largest absolute Gasteiger partial charge is 0.305 e. The van der Waals surface area contributed by atoms with Crippen molar-refractivity contribution in [3.05, 3.63) is 44.6 Å². The highest BCUT2D eigenvalue weighted by Crippen LogP contribution is 2.31. The molecule has 0 radical (unpaired) electrons. The number of rotatable bonds is 4. The molecular weight excluding hydrogens is 360 g/mol. The minimum absolute atomic E-state index is 0.0555. The Labute approximate surface area is 123 Å². The molecule has 1 heterocycles. The van der Waals surface area contributed by atoms with Crippen LogP contribution in [0.2, 0.25) is 0 Å². The lowest BCUT2D eigenvalue weighted by Crippen LogP contribution is -2.25. The van der Waals surface area contributed by atoms with Gasteiger partial charge in [0, 0.05) is 11.5 Å². The first-order valence-corrected chi connectivity index (χ1v) is 7.26. The minimum atomic E-state index is 0.0555. The molecule has 0 aliphatic heterocycles. The summed E-state index contributed by atoms with van der Waals surface area (Å²) in [6, 6.07) is 8.23. The molecule has 0 aliphatic carbocycles. The van der Waals surface area contributed by atoms with Crippen LogP contribution in [-0.2, 0) is 7.05 Å². The molecular formula is C12H14Br2N4. The molecule has 2 rings (SSSR count). The first kappa shape index (κ1) is 13.7. The molecule has 96 valence electrons. The van der Waals surface area contributed by atoms with Crippen LogP contribution in [0.25, 0.3) is 0 Å². The van der Waals surface area contributed by atoms with Gasteiger partial charge in [-0.25, -0.2) is 4.68 Å². The summed E-state index contributed by atoms with van der Waals surface area (Å²) in [5.41, 5.74) is 2.19. The van der Waals surface area contributed by atoms with E-state index in [0.29, 0.717) is 0 Å². The van der Waals surface area contributed by atoms with Crippen LogP contribution in [0.5, 0.6) is 0 Å². The van der Waals surface area contributed by atoms with E-state index in [-0.39, 0.29) is 6.04 Å². The van der Waals surface area contributed by atoms with Gasteiger partial charge < -0.3 is 5.32 Å². The van der Waals surface area contributed by atoms with Crippen LogP contribution in [0.15, 0.2) is 33.3 Å². The molecule has 1 N–H and O–H groups in total. The average molecular weight is 374 g/mol. The number of halogens is 2. The number of hydrogen-bond donors (Lipinski definition) is 1. The third-order valence-corrected chi connectivity index (χ3v) is 4.01. The molecule has 1 aromatic carbocycles. The van der Waals surface area contributed by atoms with Gasteiger partial charge in [-0.15, -0.1) is 5.10 Å². The summed E-state index contributed by atoms with van der Waals surface area (Å²) >= 11 is 7.06. The lowest BCUT2D eigenvalue weighted by atomic mass is 10.0. The zero-order valence-corrected chi connectivity index (χ0v) is 13.4. The number of aromatic nitrogens is 3. The van der Waals surface area contributed by atoms with Crippen LogP contribution < -0.4 is 5.32 Å². The van der Waals surface area contributed by atoms with Crippen LogP contribution >= 0.6 is 31.9 Å². The van der Waals surface area contributed by atoms with E-state index >= 15 is 0 Å². The minimum Gasteiger partial charge on any atom is -0.305 e. The highest BCUT2D eigenvalue weighted by atomic mass is 79.9. The van der Waals surface area contributed by atoms with E-state index in [1.807, 2.05) is 25.2 Å². The number of nitrogens with zero attached hydrogens (tertiary/aromatic N) is 3. The third-order valence-electron chi connectivity index (χ3n) is 2.72. The third kappa shape index (κ3) is 2.65. The molecule has 0 spiro atoms. The summed E-state index contributed by atoms with van der Waals surface area (Å²) in [7, 11) is 1.90. The molecule has 0 bridgehead atoms. The fourth-order valence-electron chi connectivity index (χ4n) is 1.91. The predicted octanol–water partition coefficient (Wildman–Crippen LogP) is 3.04. The van der Waals surface area contributed by atoms with E-state index in [0.717, 1.165) is 21.3 Å². The Hall–Kier alpha value is -0.720. The van der Waals surface area contributed by atoms with Crippen molar-refractivity contribution in [2.75, 3.05) is 6.54 Å². The fourth-order valence-corrected chi connectivity index (χ4v) is 2.98. The normalized spacial score (nSPS) is 12.7. The lowest BCUT2D eigenvalue weighted by molar-refractivity contribution is 0.565. The van der Waals surface area contributed by atoms with E-state index in [1.165, 1.54) is 5.56 Å². The van der Waals surface area contributed by atoms with Gasteiger partial charge in [0.25, 0.3) is 0 Å². The number of aryl methyl sites for hydroxylation is 1. The fraction of sp³-hybridized carbons (Fsp3) is 0.333. The van der Waals surface area contributed by atoms with Gasteiger partial charge in [-0.2, -0.15) is 0 Å². The van der Waals surface area contributed by atoms with Crippen molar-refractivity contribution in [1.29, 1.82) is 0 Å². The Morgan fingerprint density at radius 2 is 2.06 bits per heavy atom. The number of benzene rings is 1. The van der Waals surface area contributed by atoms with Crippen LogP contribution in [-0.4, -0.2) is 21.5 Å². The van der Waals surface area contributed by atoms with Gasteiger partial charge >= 0.3 is 0 Å². The summed E-state index contributed by atoms with van der Waals surface area (Å²) < 4.78 is 3.63. The molecule has 0 aliphatic rings. The average Bonchev–Trinajstić information content (AvgIpc) is 2.68. The van der Waals surface area contributed by atoms with Gasteiger partial charge in [0.1, 0.15) is 0 Å². The quantitative estimate of drug-likeness (QED) is 0.895. The molecule has 6 heteroatoms. The summed E-state index contributed by atoms with van der Waals surface area (Å²) in [5, 5.41) is 11.6. The van der Waals surface area contributed by atoms with Crippen LogP contribution in [0.4, 0.5) is 0 Å². The van der Waals surface area contributed by atoms with Crippen molar-refractivity contribution in [3.63, 3.8) is 0 Å². The van der Waals surface area contributed by atoms with Gasteiger partial charge in [-0.05, 0) is 34.1 Å². The topological polar surface area (TPSA) is 42.7 Å².